The Balaban J connectivity index is 2.01. The molecule has 0 unspecified atom stereocenters. The summed E-state index contributed by atoms with van der Waals surface area (Å²) in [7, 11) is 0. The van der Waals surface area contributed by atoms with E-state index in [1.807, 2.05) is 0 Å². The van der Waals surface area contributed by atoms with Crippen LogP contribution in [0.4, 0.5) is 5.69 Å². The number of carbonyl (C=O) groups excluding carboxylic acids is 1. The standard InChI is InChI=1S/C14H13BrN2O2/c15-12-6-3-10(7-13(12)16)14(19)17-8-9-1-4-11(18)5-2-9/h1-7,18H,8,16H2,(H,17,19). The Hall–Kier alpha value is -2.01. The molecule has 0 aliphatic carbocycles. The van der Waals surface area contributed by atoms with Crippen LogP contribution in [-0.4, -0.2) is 11.0 Å². The first-order valence-electron chi connectivity index (χ1n) is 5.67. The van der Waals surface area contributed by atoms with E-state index in [9.17, 15) is 4.79 Å². The molecule has 0 atom stereocenters. The second-order valence-electron chi connectivity index (χ2n) is 4.09. The SMILES string of the molecule is Nc1cc(C(=O)NCc2ccc(O)cc2)ccc1Br. The molecule has 0 heterocycles. The van der Waals surface area contributed by atoms with Gasteiger partial charge in [0.2, 0.25) is 0 Å². The molecule has 0 radical (unpaired) electrons. The number of phenolic OH excluding ortho intramolecular Hbond substituents is 1. The summed E-state index contributed by atoms with van der Waals surface area (Å²) in [4.78, 5) is 11.9. The van der Waals surface area contributed by atoms with Crippen molar-refractivity contribution in [2.75, 3.05) is 5.73 Å². The molecule has 4 N–H and O–H groups in total. The summed E-state index contributed by atoms with van der Waals surface area (Å²) in [6.07, 6.45) is 0. The zero-order valence-corrected chi connectivity index (χ0v) is 11.6. The van der Waals surface area contributed by atoms with Crippen molar-refractivity contribution in [1.29, 1.82) is 0 Å². The van der Waals surface area contributed by atoms with Crippen LogP contribution < -0.4 is 11.1 Å². The molecule has 1 amide bonds. The Morgan fingerprint density at radius 2 is 1.89 bits per heavy atom. The molecular weight excluding hydrogens is 308 g/mol. The number of halogens is 1. The molecule has 0 saturated heterocycles. The highest BCUT2D eigenvalue weighted by molar-refractivity contribution is 9.10. The van der Waals surface area contributed by atoms with Crippen molar-refractivity contribution < 1.29 is 9.90 Å². The van der Waals surface area contributed by atoms with E-state index in [1.165, 1.54) is 0 Å². The van der Waals surface area contributed by atoms with E-state index in [0.717, 1.165) is 10.0 Å². The Kier molecular flexibility index (Phi) is 4.06. The Bertz CT molecular complexity index is 597. The van der Waals surface area contributed by atoms with Crippen molar-refractivity contribution in [3.05, 3.63) is 58.1 Å². The molecule has 0 aliphatic heterocycles. The summed E-state index contributed by atoms with van der Waals surface area (Å²) >= 11 is 3.28. The van der Waals surface area contributed by atoms with Gasteiger partial charge in [0, 0.05) is 22.3 Å². The molecule has 0 saturated carbocycles. The maximum atomic E-state index is 11.9. The third-order valence-electron chi connectivity index (χ3n) is 2.65. The molecule has 0 fully saturated rings. The maximum absolute atomic E-state index is 11.9. The number of benzene rings is 2. The van der Waals surface area contributed by atoms with Gasteiger partial charge in [-0.25, -0.2) is 0 Å². The number of nitrogen functional groups attached to an aromatic ring is 1. The largest absolute Gasteiger partial charge is 0.508 e. The van der Waals surface area contributed by atoms with Crippen LogP contribution in [0.2, 0.25) is 0 Å². The van der Waals surface area contributed by atoms with Crippen molar-refractivity contribution in [1.82, 2.24) is 5.32 Å². The van der Waals surface area contributed by atoms with E-state index in [1.54, 1.807) is 42.5 Å². The highest BCUT2D eigenvalue weighted by Crippen LogP contribution is 2.20. The van der Waals surface area contributed by atoms with Crippen LogP contribution in [0.15, 0.2) is 46.9 Å². The first-order chi connectivity index (χ1) is 9.06. The molecule has 98 valence electrons. The minimum atomic E-state index is -0.188. The number of nitrogens with two attached hydrogens (primary N) is 1. The van der Waals surface area contributed by atoms with Crippen molar-refractivity contribution in [2.45, 2.75) is 6.54 Å². The second kappa shape index (κ2) is 5.75. The fourth-order valence-corrected chi connectivity index (χ4v) is 1.83. The molecule has 5 heteroatoms. The zero-order chi connectivity index (χ0) is 13.8. The highest BCUT2D eigenvalue weighted by Gasteiger charge is 2.07. The van der Waals surface area contributed by atoms with E-state index < -0.39 is 0 Å². The number of hydrogen-bond donors (Lipinski definition) is 3. The van der Waals surface area contributed by atoms with Gasteiger partial charge < -0.3 is 16.2 Å². The molecule has 2 rings (SSSR count). The molecule has 2 aromatic rings. The lowest BCUT2D eigenvalue weighted by Gasteiger charge is -2.07. The first-order valence-corrected chi connectivity index (χ1v) is 6.46. The molecule has 0 aromatic heterocycles. The van der Waals surface area contributed by atoms with Crippen molar-refractivity contribution in [2.24, 2.45) is 0 Å². The fourth-order valence-electron chi connectivity index (χ4n) is 1.58. The van der Waals surface area contributed by atoms with Gasteiger partial charge in [0.25, 0.3) is 5.91 Å². The van der Waals surface area contributed by atoms with E-state index >= 15 is 0 Å². The Morgan fingerprint density at radius 3 is 2.53 bits per heavy atom. The summed E-state index contributed by atoms with van der Waals surface area (Å²) in [5.74, 6) is 0.0167. The van der Waals surface area contributed by atoms with Crippen LogP contribution >= 0.6 is 15.9 Å². The van der Waals surface area contributed by atoms with E-state index in [2.05, 4.69) is 21.2 Å². The van der Waals surface area contributed by atoms with Gasteiger partial charge in [-0.3, -0.25) is 4.79 Å². The van der Waals surface area contributed by atoms with Gasteiger partial charge in [0.1, 0.15) is 5.75 Å². The van der Waals surface area contributed by atoms with Crippen LogP contribution in [0, 0.1) is 0 Å². The van der Waals surface area contributed by atoms with Gasteiger partial charge in [0.05, 0.1) is 0 Å². The van der Waals surface area contributed by atoms with Crippen LogP contribution in [0.1, 0.15) is 15.9 Å². The number of amides is 1. The van der Waals surface area contributed by atoms with Crippen LogP contribution in [-0.2, 0) is 6.54 Å². The monoisotopic (exact) mass is 320 g/mol. The third kappa shape index (κ3) is 3.48. The summed E-state index contributed by atoms with van der Waals surface area (Å²) in [6.45, 7) is 0.398. The second-order valence-corrected chi connectivity index (χ2v) is 4.94. The number of carbonyl (C=O) groups is 1. The normalized spacial score (nSPS) is 10.2. The molecule has 0 spiro atoms. The molecule has 0 aliphatic rings. The Labute approximate surface area is 119 Å². The molecule has 0 bridgehead atoms. The predicted octanol–water partition coefficient (Wildman–Crippen LogP) is 2.67. The van der Waals surface area contributed by atoms with Crippen LogP contribution in [0.3, 0.4) is 0 Å². The smallest absolute Gasteiger partial charge is 0.251 e. The lowest BCUT2D eigenvalue weighted by molar-refractivity contribution is 0.0951. The van der Waals surface area contributed by atoms with Gasteiger partial charge in [-0.05, 0) is 51.8 Å². The molecule has 4 nitrogen and oxygen atoms in total. The number of hydrogen-bond acceptors (Lipinski definition) is 3. The summed E-state index contributed by atoms with van der Waals surface area (Å²) in [6, 6.07) is 11.7. The quantitative estimate of drug-likeness (QED) is 0.761. The summed E-state index contributed by atoms with van der Waals surface area (Å²) < 4.78 is 0.766. The molecular formula is C14H13BrN2O2. The highest BCUT2D eigenvalue weighted by atomic mass is 79.9. The number of anilines is 1. The average molecular weight is 321 g/mol. The zero-order valence-electron chi connectivity index (χ0n) is 10.1. The summed E-state index contributed by atoms with van der Waals surface area (Å²) in [5, 5.41) is 12.0. The number of nitrogens with one attached hydrogen (secondary N) is 1. The van der Waals surface area contributed by atoms with Gasteiger partial charge >= 0.3 is 0 Å². The van der Waals surface area contributed by atoms with Gasteiger partial charge in [-0.2, -0.15) is 0 Å². The Morgan fingerprint density at radius 1 is 1.21 bits per heavy atom. The van der Waals surface area contributed by atoms with Crippen molar-refractivity contribution in [3.63, 3.8) is 0 Å². The summed E-state index contributed by atoms with van der Waals surface area (Å²) in [5.41, 5.74) is 7.68. The minimum Gasteiger partial charge on any atom is -0.508 e. The molecule has 19 heavy (non-hydrogen) atoms. The van der Waals surface area contributed by atoms with Crippen LogP contribution in [0.25, 0.3) is 0 Å². The predicted molar refractivity (Wildman–Crippen MR) is 77.8 cm³/mol. The number of phenols is 1. The van der Waals surface area contributed by atoms with E-state index in [0.29, 0.717) is 17.8 Å². The number of aromatic hydroxyl groups is 1. The van der Waals surface area contributed by atoms with Crippen molar-refractivity contribution >= 4 is 27.5 Å². The lowest BCUT2D eigenvalue weighted by atomic mass is 10.1. The lowest BCUT2D eigenvalue weighted by Crippen LogP contribution is -2.22. The van der Waals surface area contributed by atoms with Crippen molar-refractivity contribution in [3.8, 4) is 5.75 Å². The van der Waals surface area contributed by atoms with Gasteiger partial charge in [0.15, 0.2) is 0 Å². The topological polar surface area (TPSA) is 75.4 Å². The fraction of sp³-hybridized carbons (Fsp3) is 0.0714. The minimum absolute atomic E-state index is 0.188. The van der Waals surface area contributed by atoms with E-state index in [4.69, 9.17) is 10.8 Å². The van der Waals surface area contributed by atoms with Gasteiger partial charge in [-0.1, -0.05) is 12.1 Å². The van der Waals surface area contributed by atoms with Crippen LogP contribution in [0.5, 0.6) is 5.75 Å². The third-order valence-corrected chi connectivity index (χ3v) is 3.37. The molecule has 2 aromatic carbocycles. The van der Waals surface area contributed by atoms with E-state index in [-0.39, 0.29) is 11.7 Å². The maximum Gasteiger partial charge on any atom is 0.251 e. The first kappa shape index (κ1) is 13.4. The van der Waals surface area contributed by atoms with Gasteiger partial charge in [-0.15, -0.1) is 0 Å². The average Bonchev–Trinajstić information content (AvgIpc) is 2.41. The number of rotatable bonds is 3.